The number of aromatic nitrogens is 1. The first kappa shape index (κ1) is 8.51. The maximum atomic E-state index is 4.48. The minimum atomic E-state index is 1.08. The molecule has 0 amide bonds. The van der Waals surface area contributed by atoms with Crippen LogP contribution in [0.1, 0.15) is 10.6 Å². The molecular formula is C10H12N2S. The third-order valence-electron chi connectivity index (χ3n) is 2.12. The molecule has 0 radical (unpaired) electrons. The van der Waals surface area contributed by atoms with Gasteiger partial charge in [0.05, 0.1) is 5.69 Å². The average molecular weight is 192 g/mol. The topological polar surface area (TPSA) is 24.9 Å². The molecule has 0 aliphatic carbocycles. The Labute approximate surface area is 81.6 Å². The van der Waals surface area contributed by atoms with Gasteiger partial charge in [0.15, 0.2) is 0 Å². The molecule has 0 unspecified atom stereocenters. The molecule has 0 aromatic carbocycles. The molecule has 2 aromatic rings. The van der Waals surface area contributed by atoms with Crippen LogP contribution in [0, 0.1) is 13.8 Å². The average Bonchev–Trinajstić information content (AvgIpc) is 2.39. The molecule has 2 nitrogen and oxygen atoms in total. The highest BCUT2D eigenvalue weighted by molar-refractivity contribution is 7.19. The number of aryl methyl sites for hydroxylation is 2. The van der Waals surface area contributed by atoms with Crippen LogP contribution in [0.3, 0.4) is 0 Å². The van der Waals surface area contributed by atoms with Gasteiger partial charge in [0.25, 0.3) is 0 Å². The molecule has 0 bridgehead atoms. The number of thiophene rings is 1. The standard InChI is InChI=1S/C10H12N2S/c1-6-4-5-8-9(11-3)7(2)13-10(8)12-6/h4-5,11H,1-3H3. The van der Waals surface area contributed by atoms with Crippen LogP contribution in [-0.2, 0) is 0 Å². The predicted octanol–water partition coefficient (Wildman–Crippen LogP) is 2.95. The van der Waals surface area contributed by atoms with Gasteiger partial charge in [-0.05, 0) is 26.0 Å². The molecule has 3 heteroatoms. The van der Waals surface area contributed by atoms with Crippen molar-refractivity contribution in [1.29, 1.82) is 0 Å². The Hall–Kier alpha value is -1.09. The Kier molecular flexibility index (Phi) is 1.96. The van der Waals surface area contributed by atoms with Crippen molar-refractivity contribution >= 4 is 27.2 Å². The van der Waals surface area contributed by atoms with Crippen molar-refractivity contribution in [3.63, 3.8) is 0 Å². The fourth-order valence-corrected chi connectivity index (χ4v) is 2.57. The number of fused-ring (bicyclic) bond motifs is 1. The lowest BCUT2D eigenvalue weighted by Crippen LogP contribution is -1.87. The van der Waals surface area contributed by atoms with Crippen molar-refractivity contribution in [2.45, 2.75) is 13.8 Å². The Balaban J connectivity index is 2.79. The van der Waals surface area contributed by atoms with E-state index in [-0.39, 0.29) is 0 Å². The quantitative estimate of drug-likeness (QED) is 0.751. The van der Waals surface area contributed by atoms with Gasteiger partial charge in [-0.1, -0.05) is 0 Å². The summed E-state index contributed by atoms with van der Waals surface area (Å²) in [5, 5.41) is 4.44. The SMILES string of the molecule is CNc1c(C)sc2nc(C)ccc12. The molecular weight excluding hydrogens is 180 g/mol. The Morgan fingerprint density at radius 2 is 2.08 bits per heavy atom. The highest BCUT2D eigenvalue weighted by Gasteiger charge is 2.07. The number of nitrogens with zero attached hydrogens (tertiary/aromatic N) is 1. The Bertz CT molecular complexity index is 445. The molecule has 0 atom stereocenters. The molecule has 0 aliphatic heterocycles. The summed E-state index contributed by atoms with van der Waals surface area (Å²) in [5.74, 6) is 0. The summed E-state index contributed by atoms with van der Waals surface area (Å²) in [6, 6.07) is 4.18. The van der Waals surface area contributed by atoms with Gasteiger partial charge >= 0.3 is 0 Å². The highest BCUT2D eigenvalue weighted by Crippen LogP contribution is 2.33. The Morgan fingerprint density at radius 3 is 2.77 bits per heavy atom. The summed E-state index contributed by atoms with van der Waals surface area (Å²) in [4.78, 5) is 6.91. The van der Waals surface area contributed by atoms with Crippen LogP contribution in [0.15, 0.2) is 12.1 Å². The van der Waals surface area contributed by atoms with Gasteiger partial charge < -0.3 is 5.32 Å². The monoisotopic (exact) mass is 192 g/mol. The number of anilines is 1. The first-order valence-corrected chi connectivity index (χ1v) is 5.08. The fraction of sp³-hybridized carbons (Fsp3) is 0.300. The lowest BCUT2D eigenvalue weighted by atomic mass is 10.2. The van der Waals surface area contributed by atoms with E-state index in [2.05, 4.69) is 29.4 Å². The van der Waals surface area contributed by atoms with E-state index in [1.165, 1.54) is 16.0 Å². The normalized spacial score (nSPS) is 10.7. The van der Waals surface area contributed by atoms with E-state index in [9.17, 15) is 0 Å². The van der Waals surface area contributed by atoms with Crippen LogP contribution >= 0.6 is 11.3 Å². The van der Waals surface area contributed by atoms with E-state index in [0.29, 0.717) is 0 Å². The molecule has 2 heterocycles. The number of pyridine rings is 1. The number of nitrogens with one attached hydrogen (secondary N) is 1. The second kappa shape index (κ2) is 3.00. The lowest BCUT2D eigenvalue weighted by Gasteiger charge is -1.98. The zero-order valence-corrected chi connectivity index (χ0v) is 8.83. The minimum Gasteiger partial charge on any atom is -0.387 e. The number of rotatable bonds is 1. The first-order chi connectivity index (χ1) is 6.22. The molecule has 2 rings (SSSR count). The predicted molar refractivity (Wildman–Crippen MR) is 58.6 cm³/mol. The fourth-order valence-electron chi connectivity index (χ4n) is 1.50. The molecule has 0 fully saturated rings. The lowest BCUT2D eigenvalue weighted by molar-refractivity contribution is 1.27. The summed E-state index contributed by atoms with van der Waals surface area (Å²) in [6.07, 6.45) is 0. The van der Waals surface area contributed by atoms with Crippen molar-refractivity contribution in [3.8, 4) is 0 Å². The number of hydrogen-bond acceptors (Lipinski definition) is 3. The third-order valence-corrected chi connectivity index (χ3v) is 3.14. The van der Waals surface area contributed by atoms with Crippen LogP contribution < -0.4 is 5.32 Å². The second-order valence-electron chi connectivity index (χ2n) is 3.09. The summed E-state index contributed by atoms with van der Waals surface area (Å²) in [7, 11) is 1.95. The zero-order chi connectivity index (χ0) is 9.42. The maximum Gasteiger partial charge on any atom is 0.125 e. The molecule has 1 N–H and O–H groups in total. The molecule has 68 valence electrons. The maximum absolute atomic E-state index is 4.48. The van der Waals surface area contributed by atoms with Crippen molar-refractivity contribution in [2.75, 3.05) is 12.4 Å². The highest BCUT2D eigenvalue weighted by atomic mass is 32.1. The van der Waals surface area contributed by atoms with Gasteiger partial charge in [0.2, 0.25) is 0 Å². The molecule has 0 spiro atoms. The molecule has 2 aromatic heterocycles. The van der Waals surface area contributed by atoms with E-state index in [1.54, 1.807) is 11.3 Å². The zero-order valence-electron chi connectivity index (χ0n) is 8.01. The van der Waals surface area contributed by atoms with E-state index < -0.39 is 0 Å². The van der Waals surface area contributed by atoms with E-state index >= 15 is 0 Å². The van der Waals surface area contributed by atoms with E-state index in [1.807, 2.05) is 14.0 Å². The van der Waals surface area contributed by atoms with Crippen LogP contribution in [-0.4, -0.2) is 12.0 Å². The van der Waals surface area contributed by atoms with Gasteiger partial charge in [-0.2, -0.15) is 0 Å². The van der Waals surface area contributed by atoms with Crippen molar-refractivity contribution in [2.24, 2.45) is 0 Å². The van der Waals surface area contributed by atoms with Crippen LogP contribution in [0.5, 0.6) is 0 Å². The van der Waals surface area contributed by atoms with Crippen LogP contribution in [0.25, 0.3) is 10.2 Å². The second-order valence-corrected chi connectivity index (χ2v) is 4.29. The minimum absolute atomic E-state index is 1.08. The Morgan fingerprint density at radius 1 is 1.31 bits per heavy atom. The molecule has 13 heavy (non-hydrogen) atoms. The van der Waals surface area contributed by atoms with E-state index in [0.717, 1.165) is 10.5 Å². The molecule has 0 saturated heterocycles. The smallest absolute Gasteiger partial charge is 0.125 e. The van der Waals surface area contributed by atoms with Crippen LogP contribution in [0.4, 0.5) is 5.69 Å². The summed E-state index contributed by atoms with van der Waals surface area (Å²) in [6.45, 7) is 4.14. The van der Waals surface area contributed by atoms with Gasteiger partial charge in [-0.3, -0.25) is 0 Å². The molecule has 0 saturated carbocycles. The third kappa shape index (κ3) is 1.29. The first-order valence-electron chi connectivity index (χ1n) is 4.27. The largest absolute Gasteiger partial charge is 0.387 e. The van der Waals surface area contributed by atoms with Gasteiger partial charge in [-0.15, -0.1) is 11.3 Å². The summed E-state index contributed by atoms with van der Waals surface area (Å²) < 4.78 is 0. The van der Waals surface area contributed by atoms with Gasteiger partial charge in [0.1, 0.15) is 4.83 Å². The van der Waals surface area contributed by atoms with Crippen LogP contribution in [0.2, 0.25) is 0 Å². The van der Waals surface area contributed by atoms with Crippen molar-refractivity contribution in [3.05, 3.63) is 22.7 Å². The van der Waals surface area contributed by atoms with Gasteiger partial charge in [-0.25, -0.2) is 4.98 Å². The number of hydrogen-bond donors (Lipinski definition) is 1. The van der Waals surface area contributed by atoms with Gasteiger partial charge in [0, 0.05) is 23.0 Å². The van der Waals surface area contributed by atoms with Crippen molar-refractivity contribution < 1.29 is 0 Å². The van der Waals surface area contributed by atoms with Crippen molar-refractivity contribution in [1.82, 2.24) is 4.98 Å². The van der Waals surface area contributed by atoms with E-state index in [4.69, 9.17) is 0 Å². The summed E-state index contributed by atoms with van der Waals surface area (Å²) >= 11 is 1.74. The molecule has 0 aliphatic rings. The summed E-state index contributed by atoms with van der Waals surface area (Å²) in [5.41, 5.74) is 2.30.